The van der Waals surface area contributed by atoms with Gasteiger partial charge in [0.2, 0.25) is 11.8 Å². The number of ether oxygens (including phenoxy) is 1. The van der Waals surface area contributed by atoms with Crippen LogP contribution in [0.2, 0.25) is 0 Å². The number of Topliss-reactive ketones (excluding diaryl/α,β-unsaturated/α-hetero) is 1. The summed E-state index contributed by atoms with van der Waals surface area (Å²) in [5.74, 6) is -1.61. The van der Waals surface area contributed by atoms with Crippen LogP contribution >= 0.6 is 15.9 Å². The fourth-order valence-corrected chi connectivity index (χ4v) is 5.85. The summed E-state index contributed by atoms with van der Waals surface area (Å²) >= 11 is 3.42. The van der Waals surface area contributed by atoms with E-state index in [2.05, 4.69) is 15.9 Å². The molecule has 0 radical (unpaired) electrons. The molecule has 7 heteroatoms. The van der Waals surface area contributed by atoms with Gasteiger partial charge in [-0.2, -0.15) is 0 Å². The first-order valence-electron chi connectivity index (χ1n) is 11.4. The minimum Gasteiger partial charge on any atom is -0.497 e. The number of nitrogens with zero attached hydrogens (tertiary/aromatic N) is 2. The number of para-hydroxylation sites is 1. The highest BCUT2D eigenvalue weighted by atomic mass is 79.9. The Morgan fingerprint density at radius 3 is 2.29 bits per heavy atom. The molecule has 3 aliphatic heterocycles. The van der Waals surface area contributed by atoms with Crippen LogP contribution < -0.4 is 14.5 Å². The summed E-state index contributed by atoms with van der Waals surface area (Å²) in [7, 11) is 1.56. The van der Waals surface area contributed by atoms with Crippen molar-refractivity contribution >= 4 is 51.0 Å². The van der Waals surface area contributed by atoms with E-state index in [1.54, 1.807) is 43.5 Å². The van der Waals surface area contributed by atoms with Crippen molar-refractivity contribution in [1.82, 2.24) is 0 Å². The van der Waals surface area contributed by atoms with Gasteiger partial charge in [-0.05, 0) is 48.0 Å². The molecule has 4 atom stereocenters. The van der Waals surface area contributed by atoms with Crippen molar-refractivity contribution in [2.24, 2.45) is 11.8 Å². The van der Waals surface area contributed by atoms with Crippen LogP contribution in [0.1, 0.15) is 15.9 Å². The summed E-state index contributed by atoms with van der Waals surface area (Å²) in [6.45, 7) is 0. The molecule has 0 unspecified atom stereocenters. The van der Waals surface area contributed by atoms with Gasteiger partial charge in [0.1, 0.15) is 11.8 Å². The van der Waals surface area contributed by atoms with E-state index in [9.17, 15) is 14.4 Å². The van der Waals surface area contributed by atoms with Crippen LogP contribution in [-0.2, 0) is 9.59 Å². The molecule has 0 aromatic heterocycles. The molecular formula is C28H21BrN2O4. The molecule has 174 valence electrons. The van der Waals surface area contributed by atoms with Crippen molar-refractivity contribution in [3.05, 3.63) is 94.5 Å². The van der Waals surface area contributed by atoms with Crippen molar-refractivity contribution in [2.45, 2.75) is 12.1 Å². The lowest BCUT2D eigenvalue weighted by Gasteiger charge is -2.36. The van der Waals surface area contributed by atoms with Gasteiger partial charge in [0.05, 0.1) is 30.7 Å². The number of fused-ring (bicyclic) bond motifs is 5. The summed E-state index contributed by atoms with van der Waals surface area (Å²) in [4.78, 5) is 44.8. The van der Waals surface area contributed by atoms with E-state index in [-0.39, 0.29) is 23.6 Å². The number of methoxy groups -OCH3 is 1. The highest BCUT2D eigenvalue weighted by Crippen LogP contribution is 2.49. The number of carbonyl (C=O) groups is 3. The van der Waals surface area contributed by atoms with Crippen LogP contribution in [0.15, 0.2) is 83.3 Å². The number of amides is 2. The van der Waals surface area contributed by atoms with E-state index >= 15 is 0 Å². The van der Waals surface area contributed by atoms with Crippen LogP contribution in [-0.4, -0.2) is 36.8 Å². The van der Waals surface area contributed by atoms with Gasteiger partial charge in [-0.3, -0.25) is 14.4 Å². The average molecular weight is 529 g/mol. The third kappa shape index (κ3) is 3.26. The molecule has 3 aromatic rings. The number of anilines is 2. The largest absolute Gasteiger partial charge is 0.497 e. The normalized spacial score (nSPS) is 24.3. The zero-order valence-corrected chi connectivity index (χ0v) is 20.4. The number of hydrogen-bond donors (Lipinski definition) is 0. The third-order valence-electron chi connectivity index (χ3n) is 7.14. The van der Waals surface area contributed by atoms with E-state index in [1.807, 2.05) is 53.5 Å². The molecule has 3 aromatic carbocycles. The molecule has 6 nitrogen and oxygen atoms in total. The molecule has 0 aliphatic carbocycles. The fourth-order valence-electron chi connectivity index (χ4n) is 5.58. The summed E-state index contributed by atoms with van der Waals surface area (Å²) in [5.41, 5.74) is 2.82. The zero-order chi connectivity index (χ0) is 24.3. The molecule has 3 heterocycles. The molecule has 3 aliphatic rings. The summed E-state index contributed by atoms with van der Waals surface area (Å²) in [5, 5.41) is 0. The van der Waals surface area contributed by atoms with E-state index in [4.69, 9.17) is 4.74 Å². The Morgan fingerprint density at radius 1 is 0.886 bits per heavy atom. The Morgan fingerprint density at radius 2 is 1.57 bits per heavy atom. The van der Waals surface area contributed by atoms with Gasteiger partial charge < -0.3 is 9.64 Å². The molecule has 2 fully saturated rings. The molecule has 0 spiro atoms. The van der Waals surface area contributed by atoms with Crippen LogP contribution in [0.3, 0.4) is 0 Å². The Kier molecular flexibility index (Phi) is 5.11. The van der Waals surface area contributed by atoms with Crippen molar-refractivity contribution in [1.29, 1.82) is 0 Å². The minimum absolute atomic E-state index is 0.169. The highest BCUT2D eigenvalue weighted by molar-refractivity contribution is 9.10. The van der Waals surface area contributed by atoms with E-state index in [0.29, 0.717) is 17.0 Å². The minimum atomic E-state index is -0.794. The first-order valence-corrected chi connectivity index (χ1v) is 12.2. The summed E-state index contributed by atoms with van der Waals surface area (Å²) < 4.78 is 6.08. The van der Waals surface area contributed by atoms with Crippen LogP contribution in [0.5, 0.6) is 5.75 Å². The number of carbonyl (C=O) groups excluding carboxylic acids is 3. The standard InChI is InChI=1S/C28H21BrN2O4/c1-35-20-13-11-19(12-14-20)30-27(33)23-22-15-8-16-4-2-3-5-21(16)31(22)25(24(23)28(30)34)26(32)17-6-9-18(29)10-7-17/h2-15,22-25H,1H3/t22-,23-,24+,25-/m0/s1. The fraction of sp³-hybridized carbons (Fsp3) is 0.179. The average Bonchev–Trinajstić information content (AvgIpc) is 3.37. The smallest absolute Gasteiger partial charge is 0.240 e. The van der Waals surface area contributed by atoms with Crippen molar-refractivity contribution in [3.8, 4) is 5.75 Å². The predicted octanol–water partition coefficient (Wildman–Crippen LogP) is 4.73. The highest BCUT2D eigenvalue weighted by Gasteiger charge is 2.64. The SMILES string of the molecule is COc1ccc(N2C(=O)[C@@H]3[C@@H](C2=O)[C@@H]2C=Cc4ccccc4N2[C@@H]3C(=O)c2ccc(Br)cc2)cc1. The lowest BCUT2D eigenvalue weighted by atomic mass is 9.86. The maximum absolute atomic E-state index is 14.0. The van der Waals surface area contributed by atoms with Gasteiger partial charge in [-0.1, -0.05) is 58.4 Å². The molecule has 2 amide bonds. The Labute approximate surface area is 210 Å². The summed E-state index contributed by atoms with van der Waals surface area (Å²) in [6, 6.07) is 20.6. The molecule has 0 saturated carbocycles. The van der Waals surface area contributed by atoms with Crippen molar-refractivity contribution < 1.29 is 19.1 Å². The van der Waals surface area contributed by atoms with E-state index in [1.165, 1.54) is 4.90 Å². The number of hydrogen-bond acceptors (Lipinski definition) is 5. The third-order valence-corrected chi connectivity index (χ3v) is 7.67. The van der Waals surface area contributed by atoms with E-state index < -0.39 is 17.9 Å². The van der Waals surface area contributed by atoms with E-state index in [0.717, 1.165) is 15.7 Å². The number of halogens is 1. The van der Waals surface area contributed by atoms with Gasteiger partial charge in [0.25, 0.3) is 0 Å². The quantitative estimate of drug-likeness (QED) is 0.361. The Bertz CT molecular complexity index is 1380. The number of ketones is 1. The maximum atomic E-state index is 14.0. The molecular weight excluding hydrogens is 508 g/mol. The van der Waals surface area contributed by atoms with Gasteiger partial charge >= 0.3 is 0 Å². The van der Waals surface area contributed by atoms with Gasteiger partial charge in [-0.15, -0.1) is 0 Å². The Hall–Kier alpha value is -3.71. The summed E-state index contributed by atoms with van der Waals surface area (Å²) in [6.07, 6.45) is 3.94. The predicted molar refractivity (Wildman–Crippen MR) is 136 cm³/mol. The van der Waals surface area contributed by atoms with Crippen molar-refractivity contribution in [2.75, 3.05) is 16.9 Å². The number of imide groups is 1. The molecule has 6 rings (SSSR count). The second-order valence-electron chi connectivity index (χ2n) is 8.89. The molecule has 35 heavy (non-hydrogen) atoms. The van der Waals surface area contributed by atoms with Crippen molar-refractivity contribution in [3.63, 3.8) is 0 Å². The van der Waals surface area contributed by atoms with Gasteiger partial charge in [0, 0.05) is 15.7 Å². The zero-order valence-electron chi connectivity index (χ0n) is 18.8. The molecule has 0 bridgehead atoms. The van der Waals surface area contributed by atoms with Gasteiger partial charge in [-0.25, -0.2) is 4.90 Å². The number of benzene rings is 3. The lowest BCUT2D eigenvalue weighted by Crippen LogP contribution is -2.48. The number of rotatable bonds is 4. The second-order valence-corrected chi connectivity index (χ2v) is 9.81. The Balaban J connectivity index is 1.47. The van der Waals surface area contributed by atoms with Crippen LogP contribution in [0, 0.1) is 11.8 Å². The molecule has 0 N–H and O–H groups in total. The first kappa shape index (κ1) is 21.8. The topological polar surface area (TPSA) is 66.9 Å². The maximum Gasteiger partial charge on any atom is 0.240 e. The lowest BCUT2D eigenvalue weighted by molar-refractivity contribution is -0.122. The second kappa shape index (κ2) is 8.20. The van der Waals surface area contributed by atoms with Crippen LogP contribution in [0.25, 0.3) is 6.08 Å². The monoisotopic (exact) mass is 528 g/mol. The first-order chi connectivity index (χ1) is 17.0. The van der Waals surface area contributed by atoms with Gasteiger partial charge in [0.15, 0.2) is 5.78 Å². The van der Waals surface area contributed by atoms with Crippen LogP contribution in [0.4, 0.5) is 11.4 Å². The molecule has 2 saturated heterocycles.